The Labute approximate surface area is 175 Å². The zero-order chi connectivity index (χ0) is 21.8. The van der Waals surface area contributed by atoms with E-state index in [1.165, 1.54) is 0 Å². The van der Waals surface area contributed by atoms with Crippen molar-refractivity contribution in [2.24, 2.45) is 0 Å². The van der Waals surface area contributed by atoms with Crippen molar-refractivity contribution in [1.82, 2.24) is 4.90 Å². The highest BCUT2D eigenvalue weighted by molar-refractivity contribution is 7.85. The van der Waals surface area contributed by atoms with Gasteiger partial charge in [-0.3, -0.25) is 9.45 Å². The maximum atomic E-state index is 10.0. The van der Waals surface area contributed by atoms with Crippen LogP contribution in [0.3, 0.4) is 0 Å². The van der Waals surface area contributed by atoms with Gasteiger partial charge in [0.15, 0.2) is 11.5 Å². The van der Waals surface area contributed by atoms with Crippen molar-refractivity contribution < 1.29 is 28.3 Å². The van der Waals surface area contributed by atoms with Crippen LogP contribution in [0.2, 0.25) is 5.02 Å². The first-order valence-electron chi connectivity index (χ1n) is 8.79. The normalized spacial score (nSPS) is 16.9. The van der Waals surface area contributed by atoms with Crippen LogP contribution < -0.4 is 0 Å². The number of halogens is 1. The minimum atomic E-state index is -3.67. The van der Waals surface area contributed by atoms with Crippen LogP contribution in [0.1, 0.15) is 22.6 Å². The van der Waals surface area contributed by atoms with Crippen molar-refractivity contribution in [2.45, 2.75) is 12.3 Å². The van der Waals surface area contributed by atoms with Crippen LogP contribution in [0.15, 0.2) is 43.0 Å². The first kappa shape index (κ1) is 23.0. The molecular formula is C20H24ClNO6S. The molecule has 3 rings (SSSR count). The van der Waals surface area contributed by atoms with Gasteiger partial charge < -0.3 is 15.3 Å². The lowest BCUT2D eigenvalue weighted by atomic mass is 9.87. The molecule has 2 aromatic rings. The van der Waals surface area contributed by atoms with Crippen molar-refractivity contribution in [3.05, 3.63) is 64.7 Å². The number of aromatic hydroxyl groups is 3. The molecule has 0 fully saturated rings. The molecule has 158 valence electrons. The quantitative estimate of drug-likeness (QED) is 0.328. The van der Waals surface area contributed by atoms with Gasteiger partial charge >= 0.3 is 0 Å². The summed E-state index contributed by atoms with van der Waals surface area (Å²) in [4.78, 5) is 2.26. The van der Waals surface area contributed by atoms with E-state index >= 15 is 0 Å². The number of nitrogens with zero attached hydrogens (tertiary/aromatic N) is 1. The van der Waals surface area contributed by atoms with Crippen molar-refractivity contribution in [3.8, 4) is 17.2 Å². The van der Waals surface area contributed by atoms with Gasteiger partial charge in [0, 0.05) is 25.6 Å². The van der Waals surface area contributed by atoms with E-state index in [0.717, 1.165) is 36.3 Å². The summed E-state index contributed by atoms with van der Waals surface area (Å²) in [6.45, 7) is 6.09. The second kappa shape index (κ2) is 9.49. The van der Waals surface area contributed by atoms with Crippen LogP contribution in [0, 0.1) is 0 Å². The summed E-state index contributed by atoms with van der Waals surface area (Å²) in [5.41, 5.74) is 2.79. The summed E-state index contributed by atoms with van der Waals surface area (Å²) >= 11 is 6.30. The summed E-state index contributed by atoms with van der Waals surface area (Å²) in [5.74, 6) is -0.286. The fourth-order valence-electron chi connectivity index (χ4n) is 3.31. The van der Waals surface area contributed by atoms with Crippen molar-refractivity contribution >= 4 is 21.7 Å². The Bertz CT molecular complexity index is 967. The largest absolute Gasteiger partial charge is 0.508 e. The molecule has 0 saturated carbocycles. The summed E-state index contributed by atoms with van der Waals surface area (Å²) in [6, 6.07) is 8.66. The summed E-state index contributed by atoms with van der Waals surface area (Å²) in [7, 11) is -3.67. The van der Waals surface area contributed by atoms with Crippen molar-refractivity contribution in [2.75, 3.05) is 25.9 Å². The summed E-state index contributed by atoms with van der Waals surface area (Å²) < 4.78 is 25.9. The molecule has 0 spiro atoms. The molecule has 0 unspecified atom stereocenters. The first-order chi connectivity index (χ1) is 13.5. The first-order valence-corrected chi connectivity index (χ1v) is 11.0. The third-order valence-corrected chi connectivity index (χ3v) is 4.94. The predicted molar refractivity (Wildman–Crippen MR) is 113 cm³/mol. The van der Waals surface area contributed by atoms with Gasteiger partial charge in [0.2, 0.25) is 0 Å². The molecule has 0 saturated heterocycles. The van der Waals surface area contributed by atoms with Gasteiger partial charge in [-0.1, -0.05) is 29.8 Å². The fourth-order valence-corrected chi connectivity index (χ4v) is 3.61. The highest BCUT2D eigenvalue weighted by atomic mass is 35.5. The zero-order valence-corrected chi connectivity index (χ0v) is 17.5. The molecule has 1 atom stereocenters. The molecule has 7 nitrogen and oxygen atoms in total. The maximum absolute atomic E-state index is 10.0. The lowest BCUT2D eigenvalue weighted by Gasteiger charge is -2.24. The van der Waals surface area contributed by atoms with Crippen LogP contribution in [-0.2, 0) is 16.5 Å². The fraction of sp³-hybridized carbons (Fsp3) is 0.300. The van der Waals surface area contributed by atoms with Crippen LogP contribution in [-0.4, -0.2) is 59.1 Å². The molecule has 2 aromatic carbocycles. The molecule has 1 aliphatic heterocycles. The predicted octanol–water partition coefficient (Wildman–Crippen LogP) is 3.14. The minimum Gasteiger partial charge on any atom is -0.508 e. The second-order valence-electron chi connectivity index (χ2n) is 6.80. The highest BCUT2D eigenvalue weighted by Gasteiger charge is 2.28. The van der Waals surface area contributed by atoms with E-state index in [9.17, 15) is 23.7 Å². The van der Waals surface area contributed by atoms with Gasteiger partial charge in [0.1, 0.15) is 5.75 Å². The van der Waals surface area contributed by atoms with Gasteiger partial charge in [0.05, 0.1) is 11.3 Å². The molecule has 0 bridgehead atoms. The van der Waals surface area contributed by atoms with Crippen LogP contribution >= 0.6 is 11.6 Å². The molecule has 0 radical (unpaired) electrons. The molecular weight excluding hydrogens is 418 g/mol. The number of fused-ring (bicyclic) bond motifs is 1. The molecule has 9 heteroatoms. The topological polar surface area (TPSA) is 118 Å². The Morgan fingerprint density at radius 3 is 2.38 bits per heavy atom. The zero-order valence-electron chi connectivity index (χ0n) is 15.9. The Kier molecular flexibility index (Phi) is 7.54. The van der Waals surface area contributed by atoms with E-state index in [-0.39, 0.29) is 28.2 Å². The minimum absolute atomic E-state index is 0.0213. The molecule has 1 heterocycles. The average molecular weight is 442 g/mol. The van der Waals surface area contributed by atoms with E-state index < -0.39 is 10.1 Å². The van der Waals surface area contributed by atoms with E-state index in [4.69, 9.17) is 16.2 Å². The Morgan fingerprint density at radius 2 is 1.83 bits per heavy atom. The molecule has 29 heavy (non-hydrogen) atoms. The smallest absolute Gasteiger partial charge is 0.261 e. The Hall–Kier alpha value is -2.26. The van der Waals surface area contributed by atoms with Gasteiger partial charge in [-0.25, -0.2) is 0 Å². The average Bonchev–Trinajstić information content (AvgIpc) is 2.79. The van der Waals surface area contributed by atoms with Gasteiger partial charge in [-0.05, 0) is 41.3 Å². The SMILES string of the molecule is C=CCN1CCc2c(cc(O)c(O)c2Cl)[C@H](c2ccc(O)cc2)C1.CS(=O)(=O)O. The van der Waals surface area contributed by atoms with E-state index in [1.807, 2.05) is 18.2 Å². The second-order valence-corrected chi connectivity index (χ2v) is 8.65. The number of hydrogen-bond acceptors (Lipinski definition) is 6. The monoisotopic (exact) mass is 441 g/mol. The van der Waals surface area contributed by atoms with Gasteiger partial charge in [-0.2, -0.15) is 8.42 Å². The van der Waals surface area contributed by atoms with Crippen LogP contribution in [0.5, 0.6) is 17.2 Å². The number of phenols is 3. The standard InChI is InChI=1S/C19H20ClNO3.CH4O3S/c1-2-8-21-9-7-14-15(10-17(23)19(24)18(14)20)16(11-21)12-3-5-13(22)6-4-12;1-5(2,3)4/h2-6,10,16,22-24H,1,7-9,11H2;1H3,(H,2,3,4)/t16-;/m0./s1. The molecule has 0 aliphatic carbocycles. The number of benzene rings is 2. The summed E-state index contributed by atoms with van der Waals surface area (Å²) in [5, 5.41) is 29.8. The number of hydrogen-bond donors (Lipinski definition) is 4. The molecule has 1 aliphatic rings. The van der Waals surface area contributed by atoms with Gasteiger partial charge in [-0.15, -0.1) is 6.58 Å². The lowest BCUT2D eigenvalue weighted by molar-refractivity contribution is 0.306. The third kappa shape index (κ3) is 6.37. The van der Waals surface area contributed by atoms with E-state index in [1.54, 1.807) is 18.2 Å². The van der Waals surface area contributed by atoms with E-state index in [0.29, 0.717) is 12.7 Å². The number of rotatable bonds is 3. The molecule has 4 N–H and O–H groups in total. The Balaban J connectivity index is 0.000000537. The molecule has 0 aromatic heterocycles. The molecule has 0 amide bonds. The summed E-state index contributed by atoms with van der Waals surface area (Å²) in [6.07, 6.45) is 3.26. The maximum Gasteiger partial charge on any atom is 0.261 e. The lowest BCUT2D eigenvalue weighted by Crippen LogP contribution is -2.28. The van der Waals surface area contributed by atoms with E-state index in [2.05, 4.69) is 11.5 Å². The van der Waals surface area contributed by atoms with Crippen molar-refractivity contribution in [1.29, 1.82) is 0 Å². The highest BCUT2D eigenvalue weighted by Crippen LogP contribution is 2.43. The van der Waals surface area contributed by atoms with Gasteiger partial charge in [0.25, 0.3) is 10.1 Å². The van der Waals surface area contributed by atoms with Crippen molar-refractivity contribution in [3.63, 3.8) is 0 Å². The third-order valence-electron chi connectivity index (χ3n) is 4.53. The van der Waals surface area contributed by atoms with Crippen LogP contribution in [0.25, 0.3) is 0 Å². The Morgan fingerprint density at radius 1 is 1.24 bits per heavy atom. The number of phenolic OH excluding ortho intramolecular Hbond substituents is 3. The van der Waals surface area contributed by atoms with Crippen LogP contribution in [0.4, 0.5) is 0 Å².